The van der Waals surface area contributed by atoms with Crippen LogP contribution in [0.1, 0.15) is 32.3 Å². The first-order valence-corrected chi connectivity index (χ1v) is 6.97. The fourth-order valence-corrected chi connectivity index (χ4v) is 2.23. The predicted molar refractivity (Wildman–Crippen MR) is 74.3 cm³/mol. The first-order chi connectivity index (χ1) is 8.56. The van der Waals surface area contributed by atoms with Gasteiger partial charge in [0.25, 0.3) is 0 Å². The molecule has 1 aliphatic rings. The molecule has 2 atom stereocenters. The van der Waals surface area contributed by atoms with Gasteiger partial charge in [0.2, 0.25) is 0 Å². The van der Waals surface area contributed by atoms with Gasteiger partial charge >= 0.3 is 0 Å². The molecule has 0 aromatic carbocycles. The molecule has 2 unspecified atom stereocenters. The molecule has 0 spiro atoms. The van der Waals surface area contributed by atoms with Crippen LogP contribution < -0.4 is 5.32 Å². The minimum Gasteiger partial charge on any atom is -0.314 e. The summed E-state index contributed by atoms with van der Waals surface area (Å²) in [5, 5.41) is 7.84. The van der Waals surface area contributed by atoms with Gasteiger partial charge in [0.05, 0.1) is 6.20 Å². The molecular weight excluding hydrogens is 224 g/mol. The van der Waals surface area contributed by atoms with Crippen LogP contribution in [-0.2, 0) is 13.6 Å². The maximum absolute atomic E-state index is 4.22. The van der Waals surface area contributed by atoms with Crippen LogP contribution in [-0.4, -0.2) is 40.4 Å². The molecule has 1 fully saturated rings. The highest BCUT2D eigenvalue weighted by Gasteiger charge is 2.23. The Balaban J connectivity index is 1.77. The van der Waals surface area contributed by atoms with Crippen molar-refractivity contribution in [2.75, 3.05) is 13.6 Å². The van der Waals surface area contributed by atoms with E-state index in [1.165, 1.54) is 18.4 Å². The van der Waals surface area contributed by atoms with Gasteiger partial charge in [-0.15, -0.1) is 0 Å². The van der Waals surface area contributed by atoms with Gasteiger partial charge in [0, 0.05) is 37.4 Å². The van der Waals surface area contributed by atoms with E-state index >= 15 is 0 Å². The summed E-state index contributed by atoms with van der Waals surface area (Å²) in [5.41, 5.74) is 1.29. The maximum atomic E-state index is 4.22. The summed E-state index contributed by atoms with van der Waals surface area (Å²) in [6.07, 6.45) is 6.78. The van der Waals surface area contributed by atoms with E-state index in [-0.39, 0.29) is 0 Å². The molecule has 18 heavy (non-hydrogen) atoms. The number of rotatable bonds is 7. The average molecular weight is 250 g/mol. The van der Waals surface area contributed by atoms with Crippen LogP contribution >= 0.6 is 0 Å². The van der Waals surface area contributed by atoms with E-state index in [4.69, 9.17) is 0 Å². The lowest BCUT2D eigenvalue weighted by Gasteiger charge is -2.29. The minimum absolute atomic E-state index is 0.580. The summed E-state index contributed by atoms with van der Waals surface area (Å²) >= 11 is 0. The second kappa shape index (κ2) is 5.85. The van der Waals surface area contributed by atoms with Crippen LogP contribution in [0.15, 0.2) is 12.4 Å². The molecule has 1 aromatic rings. The number of aryl methyl sites for hydroxylation is 1. The Kier molecular flexibility index (Phi) is 4.40. The second-order valence-corrected chi connectivity index (χ2v) is 5.84. The summed E-state index contributed by atoms with van der Waals surface area (Å²) in [4.78, 5) is 2.41. The average Bonchev–Trinajstić information content (AvgIpc) is 3.08. The van der Waals surface area contributed by atoms with E-state index in [1.807, 2.05) is 17.9 Å². The van der Waals surface area contributed by atoms with Crippen molar-refractivity contribution in [3.8, 4) is 0 Å². The van der Waals surface area contributed by atoms with Gasteiger partial charge in [-0.05, 0) is 39.3 Å². The van der Waals surface area contributed by atoms with Crippen molar-refractivity contribution < 1.29 is 0 Å². The van der Waals surface area contributed by atoms with Crippen LogP contribution in [0.2, 0.25) is 0 Å². The molecule has 1 N–H and O–H groups in total. The molecule has 0 amide bonds. The van der Waals surface area contributed by atoms with Gasteiger partial charge in [-0.25, -0.2) is 0 Å². The number of hydrogen-bond donors (Lipinski definition) is 1. The van der Waals surface area contributed by atoms with Gasteiger partial charge in [-0.2, -0.15) is 5.10 Å². The van der Waals surface area contributed by atoms with Gasteiger partial charge in [0.15, 0.2) is 0 Å². The summed E-state index contributed by atoms with van der Waals surface area (Å²) in [6, 6.07) is 1.39. The van der Waals surface area contributed by atoms with E-state index < -0.39 is 0 Å². The molecule has 0 radical (unpaired) electrons. The first-order valence-electron chi connectivity index (χ1n) is 6.97. The third-order valence-corrected chi connectivity index (χ3v) is 4.01. The molecule has 4 heteroatoms. The fraction of sp³-hybridized carbons (Fsp3) is 0.786. The van der Waals surface area contributed by atoms with Gasteiger partial charge < -0.3 is 5.32 Å². The highest BCUT2D eigenvalue weighted by atomic mass is 15.2. The van der Waals surface area contributed by atoms with E-state index in [0.29, 0.717) is 12.0 Å². The molecule has 1 heterocycles. The summed E-state index contributed by atoms with van der Waals surface area (Å²) in [7, 11) is 4.17. The monoisotopic (exact) mass is 250 g/mol. The zero-order chi connectivity index (χ0) is 13.1. The normalized spacial score (nSPS) is 19.2. The smallest absolute Gasteiger partial charge is 0.0534 e. The molecule has 2 rings (SSSR count). The van der Waals surface area contributed by atoms with Gasteiger partial charge in [0.1, 0.15) is 0 Å². The Morgan fingerprint density at radius 2 is 2.22 bits per heavy atom. The first kappa shape index (κ1) is 13.6. The van der Waals surface area contributed by atoms with E-state index in [9.17, 15) is 0 Å². The molecule has 1 saturated carbocycles. The van der Waals surface area contributed by atoms with E-state index in [2.05, 4.69) is 42.4 Å². The Morgan fingerprint density at radius 3 is 2.78 bits per heavy atom. The van der Waals surface area contributed by atoms with Crippen molar-refractivity contribution in [2.24, 2.45) is 13.0 Å². The van der Waals surface area contributed by atoms with Crippen LogP contribution in [0.5, 0.6) is 0 Å². The van der Waals surface area contributed by atoms with Crippen LogP contribution in [0.4, 0.5) is 0 Å². The molecule has 0 saturated heterocycles. The summed E-state index contributed by atoms with van der Waals surface area (Å²) in [6.45, 7) is 6.75. The zero-order valence-electron chi connectivity index (χ0n) is 12.1. The number of aromatic nitrogens is 2. The number of nitrogens with one attached hydrogen (secondary N) is 1. The molecule has 4 nitrogen and oxygen atoms in total. The van der Waals surface area contributed by atoms with E-state index in [0.717, 1.165) is 19.1 Å². The lowest BCUT2D eigenvalue weighted by Crippen LogP contribution is -2.39. The van der Waals surface area contributed by atoms with Crippen molar-refractivity contribution in [3.63, 3.8) is 0 Å². The number of nitrogens with zero attached hydrogens (tertiary/aromatic N) is 3. The van der Waals surface area contributed by atoms with Gasteiger partial charge in [-0.1, -0.05) is 6.92 Å². The Labute approximate surface area is 110 Å². The van der Waals surface area contributed by atoms with Gasteiger partial charge in [-0.3, -0.25) is 9.58 Å². The van der Waals surface area contributed by atoms with Crippen LogP contribution in [0.25, 0.3) is 0 Å². The third kappa shape index (κ3) is 3.82. The highest BCUT2D eigenvalue weighted by molar-refractivity contribution is 5.03. The standard InChI is InChI=1S/C14H26N4/c1-11(7-15-14-5-6-14)12(2)17(3)9-13-8-16-18(4)10-13/h8,10-12,14-15H,5-7,9H2,1-4H3. The zero-order valence-corrected chi connectivity index (χ0v) is 12.1. The third-order valence-electron chi connectivity index (χ3n) is 4.01. The van der Waals surface area contributed by atoms with Crippen molar-refractivity contribution in [1.29, 1.82) is 0 Å². The lowest BCUT2D eigenvalue weighted by atomic mass is 10.0. The molecule has 0 bridgehead atoms. The van der Waals surface area contributed by atoms with E-state index in [1.54, 1.807) is 0 Å². The SMILES string of the molecule is CC(CNC1CC1)C(C)N(C)Cc1cnn(C)c1. The predicted octanol–water partition coefficient (Wildman–Crippen LogP) is 1.63. The van der Waals surface area contributed by atoms with Crippen molar-refractivity contribution in [3.05, 3.63) is 18.0 Å². The quantitative estimate of drug-likeness (QED) is 0.798. The van der Waals surface area contributed by atoms with Crippen molar-refractivity contribution >= 4 is 0 Å². The fourth-order valence-electron chi connectivity index (χ4n) is 2.23. The van der Waals surface area contributed by atoms with Crippen LogP contribution in [0, 0.1) is 5.92 Å². The molecular formula is C14H26N4. The Bertz CT molecular complexity index is 370. The Morgan fingerprint density at radius 1 is 1.50 bits per heavy atom. The lowest BCUT2D eigenvalue weighted by molar-refractivity contribution is 0.188. The van der Waals surface area contributed by atoms with Crippen molar-refractivity contribution in [1.82, 2.24) is 20.0 Å². The molecule has 0 aliphatic heterocycles. The minimum atomic E-state index is 0.580. The number of hydrogen-bond acceptors (Lipinski definition) is 3. The Hall–Kier alpha value is -0.870. The van der Waals surface area contributed by atoms with Crippen molar-refractivity contribution in [2.45, 2.75) is 45.3 Å². The second-order valence-electron chi connectivity index (χ2n) is 5.84. The summed E-state index contributed by atoms with van der Waals surface area (Å²) in [5.74, 6) is 0.673. The maximum Gasteiger partial charge on any atom is 0.0534 e. The van der Waals surface area contributed by atoms with Crippen LogP contribution in [0.3, 0.4) is 0 Å². The topological polar surface area (TPSA) is 33.1 Å². The summed E-state index contributed by atoms with van der Waals surface area (Å²) < 4.78 is 1.87. The highest BCUT2D eigenvalue weighted by Crippen LogP contribution is 2.20. The largest absolute Gasteiger partial charge is 0.314 e. The molecule has 1 aliphatic carbocycles. The molecule has 102 valence electrons. The molecule has 1 aromatic heterocycles.